The molecule has 0 spiro atoms. The van der Waals surface area contributed by atoms with Gasteiger partial charge in [-0.1, -0.05) is 25.4 Å². The second-order valence-electron chi connectivity index (χ2n) is 4.36. The van der Waals surface area contributed by atoms with Gasteiger partial charge in [0.1, 0.15) is 11.8 Å². The summed E-state index contributed by atoms with van der Waals surface area (Å²) >= 11 is 5.98. The predicted molar refractivity (Wildman–Crippen MR) is 56.2 cm³/mol. The minimum atomic E-state index is -0.125. The van der Waals surface area contributed by atoms with Crippen molar-refractivity contribution in [2.24, 2.45) is 5.92 Å². The SMILES string of the molecule is CC(C)/C(Cl)=C(\C#N)NC(C)(C)C. The molecule has 0 saturated heterocycles. The van der Waals surface area contributed by atoms with E-state index in [1.54, 1.807) is 0 Å². The van der Waals surface area contributed by atoms with Gasteiger partial charge in [0.15, 0.2) is 0 Å². The molecule has 0 aliphatic heterocycles. The Morgan fingerprint density at radius 3 is 2.08 bits per heavy atom. The highest BCUT2D eigenvalue weighted by Gasteiger charge is 2.15. The Morgan fingerprint density at radius 2 is 1.85 bits per heavy atom. The van der Waals surface area contributed by atoms with E-state index in [9.17, 15) is 0 Å². The predicted octanol–water partition coefficient (Wildman–Crippen LogP) is 3.00. The molecule has 13 heavy (non-hydrogen) atoms. The fraction of sp³-hybridized carbons (Fsp3) is 0.700. The number of hydrogen-bond donors (Lipinski definition) is 1. The molecule has 0 fully saturated rings. The lowest BCUT2D eigenvalue weighted by molar-refractivity contribution is 0.477. The molecule has 3 heteroatoms. The van der Waals surface area contributed by atoms with Crippen molar-refractivity contribution in [2.75, 3.05) is 0 Å². The number of allylic oxidation sites excluding steroid dienone is 2. The summed E-state index contributed by atoms with van der Waals surface area (Å²) in [6, 6.07) is 2.08. The summed E-state index contributed by atoms with van der Waals surface area (Å²) in [6.45, 7) is 9.91. The van der Waals surface area contributed by atoms with Crippen molar-refractivity contribution in [3.8, 4) is 6.07 Å². The van der Waals surface area contributed by atoms with Gasteiger partial charge in [-0.05, 0) is 26.7 Å². The third-order valence-electron chi connectivity index (χ3n) is 1.36. The van der Waals surface area contributed by atoms with Crippen molar-refractivity contribution >= 4 is 11.6 Å². The Labute approximate surface area is 85.6 Å². The van der Waals surface area contributed by atoms with Crippen molar-refractivity contribution in [1.29, 1.82) is 5.26 Å². The number of rotatable bonds is 2. The zero-order valence-electron chi connectivity index (χ0n) is 8.90. The van der Waals surface area contributed by atoms with Gasteiger partial charge in [-0.3, -0.25) is 0 Å². The number of halogens is 1. The molecule has 0 unspecified atom stereocenters. The quantitative estimate of drug-likeness (QED) is 0.696. The largest absolute Gasteiger partial charge is 0.371 e. The summed E-state index contributed by atoms with van der Waals surface area (Å²) < 4.78 is 0. The Hall–Kier alpha value is -0.680. The van der Waals surface area contributed by atoms with Gasteiger partial charge < -0.3 is 5.32 Å². The summed E-state index contributed by atoms with van der Waals surface area (Å²) in [5.41, 5.74) is 0.351. The number of hydrogen-bond acceptors (Lipinski definition) is 2. The molecule has 0 aromatic carbocycles. The van der Waals surface area contributed by atoms with E-state index in [2.05, 4.69) is 11.4 Å². The van der Waals surface area contributed by atoms with Crippen LogP contribution in [0.3, 0.4) is 0 Å². The molecule has 0 heterocycles. The second kappa shape index (κ2) is 4.53. The molecule has 0 aliphatic rings. The molecule has 2 nitrogen and oxygen atoms in total. The van der Waals surface area contributed by atoms with Crippen LogP contribution in [0, 0.1) is 17.2 Å². The molecule has 0 rings (SSSR count). The molecule has 0 saturated carbocycles. The van der Waals surface area contributed by atoms with E-state index in [4.69, 9.17) is 16.9 Å². The smallest absolute Gasteiger partial charge is 0.128 e. The van der Waals surface area contributed by atoms with Crippen LogP contribution in [0.15, 0.2) is 10.7 Å². The summed E-state index contributed by atoms with van der Waals surface area (Å²) in [7, 11) is 0. The summed E-state index contributed by atoms with van der Waals surface area (Å²) in [5.74, 6) is 0.186. The molecule has 1 N–H and O–H groups in total. The van der Waals surface area contributed by atoms with Crippen molar-refractivity contribution in [1.82, 2.24) is 5.32 Å². The van der Waals surface area contributed by atoms with Crippen LogP contribution >= 0.6 is 11.6 Å². The van der Waals surface area contributed by atoms with E-state index in [1.165, 1.54) is 0 Å². The van der Waals surface area contributed by atoms with Gasteiger partial charge in [0.05, 0.1) is 5.03 Å². The normalized spacial score (nSPS) is 13.7. The highest BCUT2D eigenvalue weighted by molar-refractivity contribution is 6.30. The van der Waals surface area contributed by atoms with Crippen molar-refractivity contribution < 1.29 is 0 Å². The maximum absolute atomic E-state index is 8.85. The van der Waals surface area contributed by atoms with Gasteiger partial charge in [-0.15, -0.1) is 0 Å². The molecule has 0 aliphatic carbocycles. The lowest BCUT2D eigenvalue weighted by Crippen LogP contribution is -2.35. The first-order valence-electron chi connectivity index (χ1n) is 4.36. The third-order valence-corrected chi connectivity index (χ3v) is 1.98. The van der Waals surface area contributed by atoms with Gasteiger partial charge in [-0.25, -0.2) is 0 Å². The molecular formula is C10H17ClN2. The van der Waals surface area contributed by atoms with E-state index >= 15 is 0 Å². The van der Waals surface area contributed by atoms with Crippen LogP contribution < -0.4 is 5.32 Å². The van der Waals surface area contributed by atoms with Crippen molar-refractivity contribution in [3.63, 3.8) is 0 Å². The number of nitriles is 1. The van der Waals surface area contributed by atoms with E-state index < -0.39 is 0 Å². The molecule has 0 aromatic rings. The summed E-state index contributed by atoms with van der Waals surface area (Å²) in [5, 5.41) is 12.5. The van der Waals surface area contributed by atoms with Crippen LogP contribution in [0.25, 0.3) is 0 Å². The molecule has 0 radical (unpaired) electrons. The van der Waals surface area contributed by atoms with E-state index in [1.807, 2.05) is 34.6 Å². The van der Waals surface area contributed by atoms with Crippen LogP contribution in [-0.2, 0) is 0 Å². The maximum Gasteiger partial charge on any atom is 0.128 e. The molecular weight excluding hydrogens is 184 g/mol. The molecule has 0 amide bonds. The molecule has 0 atom stereocenters. The lowest BCUT2D eigenvalue weighted by atomic mass is 10.1. The Morgan fingerprint density at radius 1 is 1.38 bits per heavy atom. The van der Waals surface area contributed by atoms with E-state index in [-0.39, 0.29) is 11.5 Å². The van der Waals surface area contributed by atoms with Gasteiger partial charge in [-0.2, -0.15) is 5.26 Å². The summed E-state index contributed by atoms with van der Waals surface area (Å²) in [4.78, 5) is 0. The first kappa shape index (κ1) is 12.3. The van der Waals surface area contributed by atoms with Crippen molar-refractivity contribution in [3.05, 3.63) is 10.7 Å². The van der Waals surface area contributed by atoms with Gasteiger partial charge >= 0.3 is 0 Å². The van der Waals surface area contributed by atoms with Crippen molar-refractivity contribution in [2.45, 2.75) is 40.2 Å². The minimum Gasteiger partial charge on any atom is -0.371 e. The Bertz CT molecular complexity index is 241. The van der Waals surface area contributed by atoms with Gasteiger partial charge in [0.25, 0.3) is 0 Å². The number of nitrogens with one attached hydrogen (secondary N) is 1. The third kappa shape index (κ3) is 4.80. The van der Waals surface area contributed by atoms with Crippen LogP contribution in [0.5, 0.6) is 0 Å². The highest BCUT2D eigenvalue weighted by Crippen LogP contribution is 2.19. The molecule has 0 aromatic heterocycles. The first-order chi connectivity index (χ1) is 5.78. The fourth-order valence-corrected chi connectivity index (χ4v) is 0.894. The lowest BCUT2D eigenvalue weighted by Gasteiger charge is -2.22. The minimum absolute atomic E-state index is 0.125. The van der Waals surface area contributed by atoms with E-state index in [0.717, 1.165) is 0 Å². The number of nitrogens with zero attached hydrogens (tertiary/aromatic N) is 1. The van der Waals surface area contributed by atoms with Crippen LogP contribution in [0.2, 0.25) is 0 Å². The van der Waals surface area contributed by atoms with Crippen LogP contribution in [-0.4, -0.2) is 5.54 Å². The Kier molecular flexibility index (Phi) is 4.29. The second-order valence-corrected chi connectivity index (χ2v) is 4.77. The first-order valence-corrected chi connectivity index (χ1v) is 4.73. The maximum atomic E-state index is 8.85. The topological polar surface area (TPSA) is 35.8 Å². The van der Waals surface area contributed by atoms with Gasteiger partial charge in [0, 0.05) is 5.54 Å². The highest BCUT2D eigenvalue weighted by atomic mass is 35.5. The monoisotopic (exact) mass is 200 g/mol. The van der Waals surface area contributed by atoms with E-state index in [0.29, 0.717) is 10.7 Å². The fourth-order valence-electron chi connectivity index (χ4n) is 0.805. The average molecular weight is 201 g/mol. The van der Waals surface area contributed by atoms with Crippen LogP contribution in [0.4, 0.5) is 0 Å². The zero-order valence-corrected chi connectivity index (χ0v) is 9.66. The Balaban J connectivity index is 4.74. The molecule has 0 bridgehead atoms. The molecule has 74 valence electrons. The average Bonchev–Trinajstić information content (AvgIpc) is 1.97. The zero-order chi connectivity index (χ0) is 10.6. The standard InChI is InChI=1S/C10H17ClN2/c1-7(2)9(11)8(6-12)13-10(3,4)5/h7,13H,1-5H3/b9-8-. The van der Waals surface area contributed by atoms with Gasteiger partial charge in [0.2, 0.25) is 0 Å². The summed E-state index contributed by atoms with van der Waals surface area (Å²) in [6.07, 6.45) is 0. The van der Waals surface area contributed by atoms with Crippen LogP contribution in [0.1, 0.15) is 34.6 Å².